The predicted octanol–water partition coefficient (Wildman–Crippen LogP) is 1.58. The van der Waals surface area contributed by atoms with Gasteiger partial charge in [0.25, 0.3) is 5.91 Å². The summed E-state index contributed by atoms with van der Waals surface area (Å²) in [5.74, 6) is -0.204. The van der Waals surface area contributed by atoms with E-state index in [4.69, 9.17) is 5.73 Å². The molecule has 0 aliphatic heterocycles. The molecule has 1 amide bonds. The van der Waals surface area contributed by atoms with Gasteiger partial charge in [0.1, 0.15) is 5.75 Å². The van der Waals surface area contributed by atoms with Crippen molar-refractivity contribution >= 4 is 17.3 Å². The second-order valence-corrected chi connectivity index (χ2v) is 4.40. The number of benzene rings is 1. The van der Waals surface area contributed by atoms with E-state index in [0.29, 0.717) is 22.6 Å². The fraction of sp³-hybridized carbons (Fsp3) is 0.231. The van der Waals surface area contributed by atoms with Crippen LogP contribution >= 0.6 is 0 Å². The normalized spacial score (nSPS) is 10.5. The van der Waals surface area contributed by atoms with Crippen molar-refractivity contribution in [2.45, 2.75) is 13.8 Å². The van der Waals surface area contributed by atoms with Gasteiger partial charge < -0.3 is 16.2 Å². The lowest BCUT2D eigenvalue weighted by Crippen LogP contribution is -2.15. The third kappa shape index (κ3) is 2.37. The molecule has 2 aromatic rings. The minimum Gasteiger partial charge on any atom is -0.508 e. The zero-order valence-corrected chi connectivity index (χ0v) is 11.1. The first-order chi connectivity index (χ1) is 8.90. The van der Waals surface area contributed by atoms with Crippen LogP contribution in [0.25, 0.3) is 0 Å². The average Bonchev–Trinajstić information content (AvgIpc) is 2.57. The van der Waals surface area contributed by atoms with Crippen molar-refractivity contribution in [3.63, 3.8) is 0 Å². The molecule has 0 unspecified atom stereocenters. The molecule has 0 aliphatic rings. The molecule has 19 heavy (non-hydrogen) atoms. The van der Waals surface area contributed by atoms with Gasteiger partial charge in [-0.3, -0.25) is 9.48 Å². The number of amides is 1. The van der Waals surface area contributed by atoms with E-state index >= 15 is 0 Å². The first-order valence-electron chi connectivity index (χ1n) is 5.80. The Morgan fingerprint density at radius 2 is 2.11 bits per heavy atom. The fourth-order valence-electron chi connectivity index (χ4n) is 1.95. The van der Waals surface area contributed by atoms with Crippen LogP contribution in [-0.2, 0) is 7.05 Å². The summed E-state index contributed by atoms with van der Waals surface area (Å²) in [6.07, 6.45) is 0. The Morgan fingerprint density at radius 1 is 1.42 bits per heavy atom. The summed E-state index contributed by atoms with van der Waals surface area (Å²) in [5.41, 5.74) is 8.49. The average molecular weight is 260 g/mol. The van der Waals surface area contributed by atoms with Crippen molar-refractivity contribution in [2.75, 3.05) is 11.1 Å². The maximum atomic E-state index is 12.2. The highest BCUT2D eigenvalue weighted by atomic mass is 16.3. The molecule has 6 heteroatoms. The van der Waals surface area contributed by atoms with Crippen LogP contribution in [0.5, 0.6) is 5.75 Å². The van der Waals surface area contributed by atoms with Crippen LogP contribution in [0.2, 0.25) is 0 Å². The maximum Gasteiger partial charge on any atom is 0.259 e. The summed E-state index contributed by atoms with van der Waals surface area (Å²) in [7, 11) is 1.79. The first-order valence-corrected chi connectivity index (χ1v) is 5.80. The summed E-state index contributed by atoms with van der Waals surface area (Å²) in [5, 5.41) is 16.2. The molecule has 0 saturated heterocycles. The Bertz CT molecular complexity index is 646. The van der Waals surface area contributed by atoms with Crippen molar-refractivity contribution < 1.29 is 9.90 Å². The molecular weight excluding hydrogens is 244 g/mol. The zero-order chi connectivity index (χ0) is 14.2. The van der Waals surface area contributed by atoms with Crippen molar-refractivity contribution in [1.29, 1.82) is 0 Å². The SMILES string of the molecule is Cc1nn(C)c(C)c1C(=O)Nc1ccc(O)cc1N. The summed E-state index contributed by atoms with van der Waals surface area (Å²) >= 11 is 0. The summed E-state index contributed by atoms with van der Waals surface area (Å²) in [6.45, 7) is 3.61. The number of hydrogen-bond acceptors (Lipinski definition) is 4. The number of aromatic hydroxyl groups is 1. The molecule has 4 N–H and O–H groups in total. The van der Waals surface area contributed by atoms with Crippen LogP contribution in [0.15, 0.2) is 18.2 Å². The molecule has 2 rings (SSSR count). The molecule has 0 atom stereocenters. The maximum absolute atomic E-state index is 12.2. The van der Waals surface area contributed by atoms with Crippen molar-refractivity contribution in [1.82, 2.24) is 9.78 Å². The lowest BCUT2D eigenvalue weighted by molar-refractivity contribution is 0.102. The Kier molecular flexibility index (Phi) is 3.16. The Morgan fingerprint density at radius 3 is 2.63 bits per heavy atom. The van der Waals surface area contributed by atoms with Gasteiger partial charge in [0.2, 0.25) is 0 Å². The molecular formula is C13H16N4O2. The number of carbonyl (C=O) groups is 1. The van der Waals surface area contributed by atoms with Crippen molar-refractivity contribution in [3.05, 3.63) is 35.2 Å². The molecule has 100 valence electrons. The molecule has 6 nitrogen and oxygen atoms in total. The molecule has 0 bridgehead atoms. The second kappa shape index (κ2) is 4.64. The molecule has 0 aliphatic carbocycles. The largest absolute Gasteiger partial charge is 0.508 e. The van der Waals surface area contributed by atoms with Gasteiger partial charge in [-0.1, -0.05) is 0 Å². The van der Waals surface area contributed by atoms with Crippen LogP contribution < -0.4 is 11.1 Å². The monoisotopic (exact) mass is 260 g/mol. The van der Waals surface area contributed by atoms with Gasteiger partial charge >= 0.3 is 0 Å². The van der Waals surface area contributed by atoms with Crippen LogP contribution in [0.3, 0.4) is 0 Å². The quantitative estimate of drug-likeness (QED) is 0.564. The smallest absolute Gasteiger partial charge is 0.259 e. The van der Waals surface area contributed by atoms with Gasteiger partial charge in [0.15, 0.2) is 0 Å². The minimum absolute atomic E-state index is 0.0595. The number of aromatic nitrogens is 2. The topological polar surface area (TPSA) is 93.2 Å². The number of phenols is 1. The number of nitrogens with zero attached hydrogens (tertiary/aromatic N) is 2. The van der Waals surface area contributed by atoms with Crippen molar-refractivity contribution in [2.24, 2.45) is 7.05 Å². The van der Waals surface area contributed by atoms with Crippen LogP contribution in [0.4, 0.5) is 11.4 Å². The number of anilines is 2. The third-order valence-electron chi connectivity index (χ3n) is 3.02. The van der Waals surface area contributed by atoms with Gasteiger partial charge in [-0.05, 0) is 26.0 Å². The van der Waals surface area contributed by atoms with E-state index in [2.05, 4.69) is 10.4 Å². The number of phenolic OH excluding ortho intramolecular Hbond substituents is 1. The number of aryl methyl sites for hydroxylation is 2. The summed E-state index contributed by atoms with van der Waals surface area (Å²) in [6, 6.07) is 4.41. The third-order valence-corrected chi connectivity index (χ3v) is 3.02. The van der Waals surface area contributed by atoms with Crippen LogP contribution in [-0.4, -0.2) is 20.8 Å². The van der Waals surface area contributed by atoms with E-state index in [0.717, 1.165) is 5.69 Å². The molecule has 0 fully saturated rings. The number of nitrogens with one attached hydrogen (secondary N) is 1. The Labute approximate surface area is 110 Å². The molecule has 0 radical (unpaired) electrons. The molecule has 1 aromatic carbocycles. The molecule has 0 spiro atoms. The highest BCUT2D eigenvalue weighted by Crippen LogP contribution is 2.24. The van der Waals surface area contributed by atoms with Gasteiger partial charge in [0, 0.05) is 18.8 Å². The van der Waals surface area contributed by atoms with E-state index in [1.54, 1.807) is 24.7 Å². The standard InChI is InChI=1S/C13H16N4O2/c1-7-12(8(2)17(3)16-7)13(19)15-11-5-4-9(18)6-10(11)14/h4-6,18H,14H2,1-3H3,(H,15,19). The number of carbonyl (C=O) groups excluding carboxylic acids is 1. The fourth-order valence-corrected chi connectivity index (χ4v) is 1.95. The number of rotatable bonds is 2. The number of hydrogen-bond donors (Lipinski definition) is 3. The Hall–Kier alpha value is -2.50. The van der Waals surface area contributed by atoms with Crippen LogP contribution in [0, 0.1) is 13.8 Å². The van der Waals surface area contributed by atoms with Gasteiger partial charge in [-0.25, -0.2) is 0 Å². The first kappa shape index (κ1) is 12.9. The number of nitrogens with two attached hydrogens (primary N) is 1. The number of nitrogen functional groups attached to an aromatic ring is 1. The van der Waals surface area contributed by atoms with Gasteiger partial charge in [0.05, 0.1) is 22.6 Å². The molecule has 1 heterocycles. The summed E-state index contributed by atoms with van der Waals surface area (Å²) in [4.78, 5) is 12.2. The summed E-state index contributed by atoms with van der Waals surface area (Å²) < 4.78 is 1.66. The van der Waals surface area contributed by atoms with Crippen molar-refractivity contribution in [3.8, 4) is 5.75 Å². The van der Waals surface area contributed by atoms with Gasteiger partial charge in [-0.15, -0.1) is 0 Å². The Balaban J connectivity index is 2.31. The highest BCUT2D eigenvalue weighted by molar-refractivity contribution is 6.07. The lowest BCUT2D eigenvalue weighted by Gasteiger charge is -2.08. The van der Waals surface area contributed by atoms with E-state index < -0.39 is 0 Å². The van der Waals surface area contributed by atoms with Crippen LogP contribution in [0.1, 0.15) is 21.7 Å². The minimum atomic E-state index is -0.263. The molecule has 0 saturated carbocycles. The highest BCUT2D eigenvalue weighted by Gasteiger charge is 2.18. The molecule has 1 aromatic heterocycles. The zero-order valence-electron chi connectivity index (χ0n) is 11.1. The van der Waals surface area contributed by atoms with E-state index in [1.807, 2.05) is 6.92 Å². The second-order valence-electron chi connectivity index (χ2n) is 4.40. The lowest BCUT2D eigenvalue weighted by atomic mass is 10.1. The van der Waals surface area contributed by atoms with E-state index in [-0.39, 0.29) is 11.7 Å². The van der Waals surface area contributed by atoms with Gasteiger partial charge in [-0.2, -0.15) is 5.10 Å². The van der Waals surface area contributed by atoms with E-state index in [9.17, 15) is 9.90 Å². The van der Waals surface area contributed by atoms with E-state index in [1.165, 1.54) is 12.1 Å². The predicted molar refractivity (Wildman–Crippen MR) is 73.2 cm³/mol.